The van der Waals surface area contributed by atoms with Gasteiger partial charge >= 0.3 is 0 Å². The summed E-state index contributed by atoms with van der Waals surface area (Å²) in [7, 11) is 0. The Labute approximate surface area is 90.3 Å². The molecule has 1 heterocycles. The molecule has 0 radical (unpaired) electrons. The molecular formula is C12H19NS. The molecule has 2 N–H and O–H groups in total. The van der Waals surface area contributed by atoms with Gasteiger partial charge in [-0.1, -0.05) is 6.92 Å². The Kier molecular flexibility index (Phi) is 2.93. The zero-order valence-electron chi connectivity index (χ0n) is 8.99. The van der Waals surface area contributed by atoms with E-state index in [9.17, 15) is 0 Å². The number of nitrogens with two attached hydrogens (primary N) is 1. The van der Waals surface area contributed by atoms with Gasteiger partial charge in [0.05, 0.1) is 0 Å². The van der Waals surface area contributed by atoms with Crippen molar-refractivity contribution in [2.75, 3.05) is 0 Å². The molecule has 78 valence electrons. The molecule has 1 saturated carbocycles. The molecule has 1 nitrogen and oxygen atoms in total. The van der Waals surface area contributed by atoms with E-state index in [4.69, 9.17) is 5.73 Å². The van der Waals surface area contributed by atoms with E-state index in [2.05, 4.69) is 26.0 Å². The molecule has 1 fully saturated rings. The van der Waals surface area contributed by atoms with E-state index in [-0.39, 0.29) is 0 Å². The Morgan fingerprint density at radius 1 is 1.36 bits per heavy atom. The van der Waals surface area contributed by atoms with Gasteiger partial charge in [-0.25, -0.2) is 0 Å². The van der Waals surface area contributed by atoms with E-state index in [1.165, 1.54) is 29.0 Å². The lowest BCUT2D eigenvalue weighted by Gasteiger charge is -2.31. The summed E-state index contributed by atoms with van der Waals surface area (Å²) in [6.07, 6.45) is 3.78. The lowest BCUT2D eigenvalue weighted by molar-refractivity contribution is 0.309. The number of thiophene rings is 1. The van der Waals surface area contributed by atoms with Crippen molar-refractivity contribution in [1.82, 2.24) is 0 Å². The van der Waals surface area contributed by atoms with Crippen molar-refractivity contribution in [3.05, 3.63) is 21.9 Å². The minimum absolute atomic E-state index is 0.393. The Hall–Kier alpha value is -0.340. The third-order valence-electron chi connectivity index (χ3n) is 3.29. The normalized spacial score (nSPS) is 33.2. The molecule has 3 unspecified atom stereocenters. The molecule has 0 aliphatic heterocycles. The number of hydrogen-bond acceptors (Lipinski definition) is 2. The van der Waals surface area contributed by atoms with Crippen molar-refractivity contribution in [3.8, 4) is 0 Å². The molecule has 1 aromatic heterocycles. The SMILES string of the molecule is Cc1ccc(C2CC(C)CCC2N)s1. The van der Waals surface area contributed by atoms with Crippen LogP contribution in [-0.4, -0.2) is 6.04 Å². The highest BCUT2D eigenvalue weighted by Gasteiger charge is 2.27. The predicted octanol–water partition coefficient (Wildman–Crippen LogP) is 3.29. The van der Waals surface area contributed by atoms with Crippen molar-refractivity contribution in [3.63, 3.8) is 0 Å². The molecule has 0 amide bonds. The van der Waals surface area contributed by atoms with E-state index in [0.29, 0.717) is 12.0 Å². The van der Waals surface area contributed by atoms with E-state index >= 15 is 0 Å². The Morgan fingerprint density at radius 2 is 2.14 bits per heavy atom. The van der Waals surface area contributed by atoms with Gasteiger partial charge in [-0.3, -0.25) is 0 Å². The maximum atomic E-state index is 6.19. The van der Waals surface area contributed by atoms with E-state index < -0.39 is 0 Å². The summed E-state index contributed by atoms with van der Waals surface area (Å²) < 4.78 is 0. The molecule has 1 aliphatic carbocycles. The minimum Gasteiger partial charge on any atom is -0.327 e. The smallest absolute Gasteiger partial charge is 0.0116 e. The van der Waals surface area contributed by atoms with Crippen LogP contribution in [0.5, 0.6) is 0 Å². The maximum absolute atomic E-state index is 6.19. The summed E-state index contributed by atoms with van der Waals surface area (Å²) in [5, 5.41) is 0. The fourth-order valence-corrected chi connectivity index (χ4v) is 3.45. The van der Waals surface area contributed by atoms with Crippen molar-refractivity contribution in [1.29, 1.82) is 0 Å². The second-order valence-electron chi connectivity index (χ2n) is 4.64. The number of aryl methyl sites for hydroxylation is 1. The van der Waals surface area contributed by atoms with Crippen LogP contribution in [0.1, 0.15) is 41.9 Å². The summed E-state index contributed by atoms with van der Waals surface area (Å²) in [6, 6.07) is 4.87. The van der Waals surface area contributed by atoms with Crippen LogP contribution in [0.15, 0.2) is 12.1 Å². The molecule has 0 aromatic carbocycles. The maximum Gasteiger partial charge on any atom is 0.0116 e. The first kappa shape index (κ1) is 10.2. The lowest BCUT2D eigenvalue weighted by Crippen LogP contribution is -2.33. The zero-order valence-corrected chi connectivity index (χ0v) is 9.81. The first-order chi connectivity index (χ1) is 6.66. The molecule has 0 bridgehead atoms. The van der Waals surface area contributed by atoms with Gasteiger partial charge in [-0.15, -0.1) is 11.3 Å². The zero-order chi connectivity index (χ0) is 10.1. The monoisotopic (exact) mass is 209 g/mol. The first-order valence-electron chi connectivity index (χ1n) is 5.48. The fourth-order valence-electron chi connectivity index (χ4n) is 2.38. The van der Waals surface area contributed by atoms with Gasteiger partial charge < -0.3 is 5.73 Å². The molecule has 2 rings (SSSR count). The topological polar surface area (TPSA) is 26.0 Å². The Balaban J connectivity index is 2.15. The van der Waals surface area contributed by atoms with Crippen molar-refractivity contribution in [2.24, 2.45) is 11.7 Å². The van der Waals surface area contributed by atoms with Crippen molar-refractivity contribution in [2.45, 2.75) is 45.1 Å². The highest BCUT2D eigenvalue weighted by molar-refractivity contribution is 7.12. The van der Waals surface area contributed by atoms with Crippen LogP contribution in [0, 0.1) is 12.8 Å². The molecule has 2 heteroatoms. The van der Waals surface area contributed by atoms with Crippen LogP contribution in [0.2, 0.25) is 0 Å². The van der Waals surface area contributed by atoms with Gasteiger partial charge in [0, 0.05) is 21.7 Å². The van der Waals surface area contributed by atoms with Crippen molar-refractivity contribution < 1.29 is 0 Å². The third kappa shape index (κ3) is 2.01. The summed E-state index contributed by atoms with van der Waals surface area (Å²) in [5.74, 6) is 1.47. The van der Waals surface area contributed by atoms with Crippen molar-refractivity contribution >= 4 is 11.3 Å². The Bertz CT molecular complexity index is 305. The second-order valence-corrected chi connectivity index (χ2v) is 5.96. The van der Waals surface area contributed by atoms with E-state index in [1.54, 1.807) is 0 Å². The van der Waals surface area contributed by atoms with Gasteiger partial charge in [0.2, 0.25) is 0 Å². The lowest BCUT2D eigenvalue weighted by atomic mass is 9.78. The van der Waals surface area contributed by atoms with E-state index in [0.717, 1.165) is 5.92 Å². The third-order valence-corrected chi connectivity index (χ3v) is 4.43. The predicted molar refractivity (Wildman–Crippen MR) is 62.8 cm³/mol. The van der Waals surface area contributed by atoms with Gasteiger partial charge in [-0.05, 0) is 44.2 Å². The van der Waals surface area contributed by atoms with Crippen LogP contribution >= 0.6 is 11.3 Å². The van der Waals surface area contributed by atoms with Gasteiger partial charge in [0.1, 0.15) is 0 Å². The summed E-state index contributed by atoms with van der Waals surface area (Å²) in [5.41, 5.74) is 6.19. The van der Waals surface area contributed by atoms with Crippen LogP contribution in [-0.2, 0) is 0 Å². The molecule has 3 atom stereocenters. The number of rotatable bonds is 1. The highest BCUT2D eigenvalue weighted by atomic mass is 32.1. The average Bonchev–Trinajstić information content (AvgIpc) is 2.56. The molecular weight excluding hydrogens is 190 g/mol. The number of hydrogen-bond donors (Lipinski definition) is 1. The highest BCUT2D eigenvalue weighted by Crippen LogP contribution is 2.37. The largest absolute Gasteiger partial charge is 0.327 e. The van der Waals surface area contributed by atoms with E-state index in [1.807, 2.05) is 11.3 Å². The standard InChI is InChI=1S/C12H19NS/c1-8-3-5-11(13)10(7-8)12-6-4-9(2)14-12/h4,6,8,10-11H,3,5,7,13H2,1-2H3. The van der Waals surface area contributed by atoms with Gasteiger partial charge in [0.25, 0.3) is 0 Å². The van der Waals surface area contributed by atoms with Gasteiger partial charge in [0.15, 0.2) is 0 Å². The molecule has 0 saturated heterocycles. The quantitative estimate of drug-likeness (QED) is 0.754. The van der Waals surface area contributed by atoms with Crippen LogP contribution in [0.25, 0.3) is 0 Å². The average molecular weight is 209 g/mol. The summed E-state index contributed by atoms with van der Waals surface area (Å²) in [6.45, 7) is 4.52. The van der Waals surface area contributed by atoms with Gasteiger partial charge in [-0.2, -0.15) is 0 Å². The molecule has 14 heavy (non-hydrogen) atoms. The van der Waals surface area contributed by atoms with Crippen LogP contribution in [0.4, 0.5) is 0 Å². The minimum atomic E-state index is 0.393. The molecule has 0 spiro atoms. The first-order valence-corrected chi connectivity index (χ1v) is 6.30. The molecule has 1 aromatic rings. The van der Waals surface area contributed by atoms with Crippen LogP contribution in [0.3, 0.4) is 0 Å². The summed E-state index contributed by atoms with van der Waals surface area (Å²) in [4.78, 5) is 2.91. The second kappa shape index (κ2) is 4.03. The summed E-state index contributed by atoms with van der Waals surface area (Å²) >= 11 is 1.92. The fraction of sp³-hybridized carbons (Fsp3) is 0.667. The van der Waals surface area contributed by atoms with Crippen LogP contribution < -0.4 is 5.73 Å². The Morgan fingerprint density at radius 3 is 2.79 bits per heavy atom. The molecule has 1 aliphatic rings.